The zero-order chi connectivity index (χ0) is 11.7. The highest BCUT2D eigenvalue weighted by Crippen LogP contribution is 2.28. The van der Waals surface area contributed by atoms with Gasteiger partial charge in [0.15, 0.2) is 11.4 Å². The number of hydrogen-bond donors (Lipinski definition) is 2. The number of halogens is 3. The van der Waals surface area contributed by atoms with Gasteiger partial charge in [-0.15, -0.1) is 0 Å². The minimum atomic E-state index is -2.73. The summed E-state index contributed by atoms with van der Waals surface area (Å²) < 4.78 is 43.3. The standard InChI is InChI=1S/C10H9F3N2O/c11-6-3-1-2-5-4-7(16-9(5)6)8(15-14)10(12)13/h1-4,8,10,15H,14H2. The van der Waals surface area contributed by atoms with E-state index in [2.05, 4.69) is 0 Å². The highest BCUT2D eigenvalue weighted by molar-refractivity contribution is 5.78. The van der Waals surface area contributed by atoms with Crippen LogP contribution in [-0.4, -0.2) is 6.43 Å². The predicted molar refractivity (Wildman–Crippen MR) is 52.2 cm³/mol. The summed E-state index contributed by atoms with van der Waals surface area (Å²) in [6, 6.07) is 4.15. The second-order valence-corrected chi connectivity index (χ2v) is 3.29. The third kappa shape index (κ3) is 1.77. The fourth-order valence-electron chi connectivity index (χ4n) is 1.48. The summed E-state index contributed by atoms with van der Waals surface area (Å²) in [7, 11) is 0. The van der Waals surface area contributed by atoms with Crippen LogP contribution < -0.4 is 11.3 Å². The van der Waals surface area contributed by atoms with Gasteiger partial charge in [0.2, 0.25) is 0 Å². The normalized spacial score (nSPS) is 13.6. The number of nitrogens with one attached hydrogen (secondary N) is 1. The first-order valence-corrected chi connectivity index (χ1v) is 4.55. The Morgan fingerprint density at radius 2 is 2.06 bits per heavy atom. The van der Waals surface area contributed by atoms with Crippen LogP contribution in [0.4, 0.5) is 13.2 Å². The Balaban J connectivity index is 2.50. The fraction of sp³-hybridized carbons (Fsp3) is 0.200. The monoisotopic (exact) mass is 230 g/mol. The van der Waals surface area contributed by atoms with E-state index in [1.54, 1.807) is 6.07 Å². The van der Waals surface area contributed by atoms with Crippen LogP contribution in [0.2, 0.25) is 0 Å². The number of alkyl halides is 2. The molecular formula is C10H9F3N2O. The van der Waals surface area contributed by atoms with Crippen molar-refractivity contribution in [3.8, 4) is 0 Å². The third-order valence-corrected chi connectivity index (χ3v) is 2.25. The van der Waals surface area contributed by atoms with Crippen LogP contribution in [-0.2, 0) is 0 Å². The minimum absolute atomic E-state index is 0.0431. The highest BCUT2D eigenvalue weighted by Gasteiger charge is 2.25. The summed E-state index contributed by atoms with van der Waals surface area (Å²) in [5, 5.41) is 0.427. The van der Waals surface area contributed by atoms with Gasteiger partial charge in [0.05, 0.1) is 0 Å². The van der Waals surface area contributed by atoms with Crippen molar-refractivity contribution >= 4 is 11.0 Å². The van der Waals surface area contributed by atoms with Gasteiger partial charge in [-0.1, -0.05) is 12.1 Å². The summed E-state index contributed by atoms with van der Waals surface area (Å²) >= 11 is 0. The molecule has 0 bridgehead atoms. The van der Waals surface area contributed by atoms with Crippen LogP contribution in [0.1, 0.15) is 11.8 Å². The SMILES string of the molecule is NNC(c1cc2cccc(F)c2o1)C(F)F. The number of rotatable bonds is 3. The van der Waals surface area contributed by atoms with Crippen molar-refractivity contribution in [1.82, 2.24) is 5.43 Å². The molecule has 1 heterocycles. The molecule has 0 aliphatic carbocycles. The number of benzene rings is 1. The molecule has 16 heavy (non-hydrogen) atoms. The zero-order valence-corrected chi connectivity index (χ0v) is 8.08. The first kappa shape index (κ1) is 11.0. The van der Waals surface area contributed by atoms with Gasteiger partial charge in [-0.05, 0) is 12.1 Å². The Labute approximate surface area is 89.0 Å². The van der Waals surface area contributed by atoms with Crippen molar-refractivity contribution in [2.24, 2.45) is 5.84 Å². The van der Waals surface area contributed by atoms with E-state index in [1.165, 1.54) is 18.2 Å². The van der Waals surface area contributed by atoms with Gasteiger partial charge in [0.25, 0.3) is 6.43 Å². The Hall–Kier alpha value is -1.53. The Morgan fingerprint density at radius 3 is 2.62 bits per heavy atom. The van der Waals surface area contributed by atoms with Crippen molar-refractivity contribution in [3.63, 3.8) is 0 Å². The topological polar surface area (TPSA) is 51.2 Å². The summed E-state index contributed by atoms with van der Waals surface area (Å²) in [4.78, 5) is 0. The van der Waals surface area contributed by atoms with Crippen LogP contribution in [0, 0.1) is 5.82 Å². The number of fused-ring (bicyclic) bond motifs is 1. The van der Waals surface area contributed by atoms with Crippen LogP contribution >= 0.6 is 0 Å². The molecule has 0 saturated heterocycles. The van der Waals surface area contributed by atoms with E-state index in [0.717, 1.165) is 0 Å². The molecule has 0 fully saturated rings. The lowest BCUT2D eigenvalue weighted by atomic mass is 10.2. The number of nitrogens with two attached hydrogens (primary N) is 1. The van der Waals surface area contributed by atoms with Crippen molar-refractivity contribution in [2.45, 2.75) is 12.5 Å². The Morgan fingerprint density at radius 1 is 1.31 bits per heavy atom. The zero-order valence-electron chi connectivity index (χ0n) is 8.08. The largest absolute Gasteiger partial charge is 0.456 e. The molecule has 6 heteroatoms. The lowest BCUT2D eigenvalue weighted by Crippen LogP contribution is -2.32. The molecule has 0 aliphatic heterocycles. The second kappa shape index (κ2) is 4.15. The molecule has 3 nitrogen and oxygen atoms in total. The summed E-state index contributed by atoms with van der Waals surface area (Å²) in [6.45, 7) is 0. The van der Waals surface area contributed by atoms with Crippen molar-refractivity contribution < 1.29 is 17.6 Å². The molecule has 2 rings (SSSR count). The molecule has 2 aromatic rings. The first-order valence-electron chi connectivity index (χ1n) is 4.55. The van der Waals surface area contributed by atoms with E-state index in [-0.39, 0.29) is 11.3 Å². The molecule has 0 spiro atoms. The first-order chi connectivity index (χ1) is 7.63. The molecule has 0 saturated carbocycles. The van der Waals surface area contributed by atoms with Crippen molar-refractivity contribution in [1.29, 1.82) is 0 Å². The number of furan rings is 1. The average molecular weight is 230 g/mol. The maximum atomic E-state index is 13.2. The number of para-hydroxylation sites is 1. The number of hydrogen-bond acceptors (Lipinski definition) is 3. The van der Waals surface area contributed by atoms with E-state index in [0.29, 0.717) is 5.39 Å². The third-order valence-electron chi connectivity index (χ3n) is 2.25. The van der Waals surface area contributed by atoms with E-state index >= 15 is 0 Å². The average Bonchev–Trinajstić information content (AvgIpc) is 2.63. The van der Waals surface area contributed by atoms with E-state index < -0.39 is 18.3 Å². The van der Waals surface area contributed by atoms with Crippen LogP contribution in [0.15, 0.2) is 28.7 Å². The molecule has 3 N–H and O–H groups in total. The van der Waals surface area contributed by atoms with Gasteiger partial charge in [0.1, 0.15) is 11.8 Å². The molecule has 1 aromatic heterocycles. The summed E-state index contributed by atoms with van der Waals surface area (Å²) in [5.41, 5.74) is 1.89. The maximum absolute atomic E-state index is 13.2. The van der Waals surface area contributed by atoms with Crippen LogP contribution in [0.25, 0.3) is 11.0 Å². The Kier molecular flexibility index (Phi) is 2.84. The molecule has 0 amide bonds. The smallest absolute Gasteiger partial charge is 0.262 e. The Bertz CT molecular complexity index is 498. The van der Waals surface area contributed by atoms with Gasteiger partial charge in [0, 0.05) is 5.39 Å². The van der Waals surface area contributed by atoms with E-state index in [1.807, 2.05) is 5.43 Å². The van der Waals surface area contributed by atoms with E-state index in [9.17, 15) is 13.2 Å². The molecule has 0 radical (unpaired) electrons. The molecule has 1 aromatic carbocycles. The quantitative estimate of drug-likeness (QED) is 0.628. The maximum Gasteiger partial charge on any atom is 0.262 e. The molecule has 86 valence electrons. The molecule has 0 aliphatic rings. The molecular weight excluding hydrogens is 221 g/mol. The van der Waals surface area contributed by atoms with Gasteiger partial charge < -0.3 is 4.42 Å². The number of hydrazine groups is 1. The predicted octanol–water partition coefficient (Wildman–Crippen LogP) is 2.34. The lowest BCUT2D eigenvalue weighted by Gasteiger charge is -2.10. The van der Waals surface area contributed by atoms with Gasteiger partial charge in [-0.3, -0.25) is 5.84 Å². The molecule has 1 unspecified atom stereocenters. The minimum Gasteiger partial charge on any atom is -0.456 e. The second-order valence-electron chi connectivity index (χ2n) is 3.29. The van der Waals surface area contributed by atoms with Crippen molar-refractivity contribution in [3.05, 3.63) is 35.8 Å². The fourth-order valence-corrected chi connectivity index (χ4v) is 1.48. The summed E-state index contributed by atoms with van der Waals surface area (Å²) in [6.07, 6.45) is -2.73. The summed E-state index contributed by atoms with van der Waals surface area (Å²) in [5.74, 6) is 4.31. The van der Waals surface area contributed by atoms with Gasteiger partial charge in [-0.2, -0.15) is 0 Å². The van der Waals surface area contributed by atoms with Crippen LogP contribution in [0.5, 0.6) is 0 Å². The van der Waals surface area contributed by atoms with Crippen LogP contribution in [0.3, 0.4) is 0 Å². The van der Waals surface area contributed by atoms with Crippen molar-refractivity contribution in [2.75, 3.05) is 0 Å². The lowest BCUT2D eigenvalue weighted by molar-refractivity contribution is 0.0889. The highest BCUT2D eigenvalue weighted by atomic mass is 19.3. The van der Waals surface area contributed by atoms with E-state index in [4.69, 9.17) is 10.3 Å². The van der Waals surface area contributed by atoms with Gasteiger partial charge >= 0.3 is 0 Å². The van der Waals surface area contributed by atoms with Gasteiger partial charge in [-0.25, -0.2) is 18.6 Å². The molecule has 1 atom stereocenters.